The topological polar surface area (TPSA) is 175 Å². The zero-order chi connectivity index (χ0) is 28.4. The summed E-state index contributed by atoms with van der Waals surface area (Å²) in [5.74, 6) is -3.03. The van der Waals surface area contributed by atoms with Crippen LogP contribution < -0.4 is 27.0 Å². The number of para-hydroxylation sites is 1. The van der Waals surface area contributed by atoms with Crippen LogP contribution in [0, 0.1) is 0 Å². The van der Waals surface area contributed by atoms with E-state index in [1.54, 1.807) is 6.20 Å². The van der Waals surface area contributed by atoms with E-state index < -0.39 is 48.3 Å². The first-order valence-electron chi connectivity index (χ1n) is 12.3. The summed E-state index contributed by atoms with van der Waals surface area (Å²) in [6, 6.07) is 13.6. The Bertz CT molecular complexity index is 1330. The number of hydrogen-bond acceptors (Lipinski definition) is 6. The van der Waals surface area contributed by atoms with Gasteiger partial charge in [0.2, 0.25) is 29.5 Å². The molecule has 3 atom stereocenters. The van der Waals surface area contributed by atoms with E-state index in [2.05, 4.69) is 38.9 Å². The monoisotopic (exact) mass is 552 g/mol. The van der Waals surface area contributed by atoms with Crippen LogP contribution in [-0.2, 0) is 36.8 Å². The third-order valence-corrected chi connectivity index (χ3v) is 6.36. The van der Waals surface area contributed by atoms with Crippen molar-refractivity contribution in [3.63, 3.8) is 0 Å². The number of benzene rings is 2. The van der Waals surface area contributed by atoms with E-state index in [1.807, 2.05) is 54.6 Å². The molecule has 0 saturated carbocycles. The molecule has 0 unspecified atom stereocenters. The molecule has 0 aliphatic rings. The highest BCUT2D eigenvalue weighted by atomic mass is 32.1. The van der Waals surface area contributed by atoms with Crippen molar-refractivity contribution in [2.24, 2.45) is 5.73 Å². The average molecular weight is 553 g/mol. The fourth-order valence-electron chi connectivity index (χ4n) is 4.05. The van der Waals surface area contributed by atoms with E-state index in [0.717, 1.165) is 22.0 Å². The number of nitrogens with two attached hydrogens (primary N) is 1. The van der Waals surface area contributed by atoms with Crippen LogP contribution in [0.2, 0.25) is 0 Å². The fourth-order valence-corrected chi connectivity index (χ4v) is 4.31. The molecule has 0 aliphatic heterocycles. The summed E-state index contributed by atoms with van der Waals surface area (Å²) >= 11 is 4.14. The van der Waals surface area contributed by atoms with Gasteiger partial charge in [0.15, 0.2) is 0 Å². The van der Waals surface area contributed by atoms with Crippen LogP contribution in [-0.4, -0.2) is 64.9 Å². The van der Waals surface area contributed by atoms with E-state index in [1.165, 1.54) is 6.92 Å². The lowest BCUT2D eigenvalue weighted by Crippen LogP contribution is -2.56. The van der Waals surface area contributed by atoms with Gasteiger partial charge in [0.05, 0.1) is 6.54 Å². The molecule has 39 heavy (non-hydrogen) atoms. The zero-order valence-electron chi connectivity index (χ0n) is 21.4. The van der Waals surface area contributed by atoms with Crippen LogP contribution in [0.25, 0.3) is 10.9 Å². The van der Waals surface area contributed by atoms with Crippen LogP contribution in [0.1, 0.15) is 18.1 Å². The van der Waals surface area contributed by atoms with Crippen LogP contribution in [0.5, 0.6) is 0 Å². The molecule has 0 spiro atoms. The first-order chi connectivity index (χ1) is 18.7. The number of H-pyrrole nitrogens is 1. The zero-order valence-corrected chi connectivity index (χ0v) is 22.3. The normalized spacial score (nSPS) is 13.1. The van der Waals surface area contributed by atoms with Gasteiger partial charge in [0.1, 0.15) is 18.1 Å². The molecular formula is C27H32N6O5S. The summed E-state index contributed by atoms with van der Waals surface area (Å²) in [5.41, 5.74) is 8.05. The van der Waals surface area contributed by atoms with Crippen molar-refractivity contribution in [1.29, 1.82) is 0 Å². The summed E-state index contributed by atoms with van der Waals surface area (Å²) in [5, 5.41) is 11.0. The molecule has 12 heteroatoms. The lowest BCUT2D eigenvalue weighted by molar-refractivity contribution is -0.132. The predicted octanol–water partition coefficient (Wildman–Crippen LogP) is -0.0413. The number of amides is 5. The molecule has 3 aromatic rings. The number of carbonyl (C=O) groups excluding carboxylic acids is 5. The van der Waals surface area contributed by atoms with Gasteiger partial charge in [-0.3, -0.25) is 24.0 Å². The van der Waals surface area contributed by atoms with Crippen LogP contribution >= 0.6 is 12.6 Å². The third kappa shape index (κ3) is 8.60. The fraction of sp³-hybridized carbons (Fsp3) is 0.296. The molecule has 7 N–H and O–H groups in total. The Balaban J connectivity index is 1.56. The van der Waals surface area contributed by atoms with Gasteiger partial charge in [-0.1, -0.05) is 48.5 Å². The van der Waals surface area contributed by atoms with E-state index in [-0.39, 0.29) is 24.5 Å². The van der Waals surface area contributed by atoms with Crippen molar-refractivity contribution in [2.45, 2.75) is 37.9 Å². The van der Waals surface area contributed by atoms with Gasteiger partial charge in [-0.15, -0.1) is 0 Å². The van der Waals surface area contributed by atoms with E-state index in [0.29, 0.717) is 0 Å². The summed E-state index contributed by atoms with van der Waals surface area (Å²) < 4.78 is 0. The predicted molar refractivity (Wildman–Crippen MR) is 150 cm³/mol. The largest absolute Gasteiger partial charge is 0.368 e. The van der Waals surface area contributed by atoms with Crippen LogP contribution in [0.15, 0.2) is 60.8 Å². The lowest BCUT2D eigenvalue weighted by atomic mass is 10.0. The quantitative estimate of drug-likeness (QED) is 0.147. The molecule has 11 nitrogen and oxygen atoms in total. The van der Waals surface area contributed by atoms with Crippen molar-refractivity contribution < 1.29 is 24.0 Å². The Morgan fingerprint density at radius 3 is 2.21 bits per heavy atom. The van der Waals surface area contributed by atoms with Gasteiger partial charge in [0.25, 0.3) is 0 Å². The highest BCUT2D eigenvalue weighted by molar-refractivity contribution is 7.80. The van der Waals surface area contributed by atoms with Crippen molar-refractivity contribution in [2.75, 3.05) is 12.3 Å². The van der Waals surface area contributed by atoms with Crippen molar-refractivity contribution in [1.82, 2.24) is 26.3 Å². The summed E-state index contributed by atoms with van der Waals surface area (Å²) in [6.45, 7) is 0.863. The summed E-state index contributed by atoms with van der Waals surface area (Å²) in [6.07, 6.45) is 2.14. The van der Waals surface area contributed by atoms with E-state index in [9.17, 15) is 24.0 Å². The number of nitrogens with one attached hydrogen (secondary N) is 5. The minimum Gasteiger partial charge on any atom is -0.368 e. The van der Waals surface area contributed by atoms with E-state index >= 15 is 0 Å². The molecule has 0 fully saturated rings. The SMILES string of the molecule is CC(=O)N[C@H](Cc1ccccc1)C(=O)NCC(=O)N[C@@H](CS)C(=O)N[C@@H](Cc1c[nH]c2ccccc12)C(N)=O. The summed E-state index contributed by atoms with van der Waals surface area (Å²) in [4.78, 5) is 64.9. The van der Waals surface area contributed by atoms with Gasteiger partial charge in [-0.05, 0) is 17.2 Å². The Hall–Kier alpha value is -4.32. The van der Waals surface area contributed by atoms with Gasteiger partial charge in [-0.25, -0.2) is 0 Å². The molecule has 5 amide bonds. The maximum Gasteiger partial charge on any atom is 0.244 e. The molecule has 0 saturated heterocycles. The average Bonchev–Trinajstić information content (AvgIpc) is 3.32. The lowest BCUT2D eigenvalue weighted by Gasteiger charge is -2.21. The number of carbonyl (C=O) groups is 5. The number of fused-ring (bicyclic) bond motifs is 1. The molecule has 3 rings (SSSR count). The maximum atomic E-state index is 12.9. The second-order valence-electron chi connectivity index (χ2n) is 8.99. The molecular weight excluding hydrogens is 520 g/mol. The molecule has 0 radical (unpaired) electrons. The minimum atomic E-state index is -1.09. The third-order valence-electron chi connectivity index (χ3n) is 5.99. The molecule has 206 valence electrons. The number of primary amides is 1. The maximum absolute atomic E-state index is 12.9. The van der Waals surface area contributed by atoms with E-state index in [4.69, 9.17) is 5.73 Å². The Morgan fingerprint density at radius 2 is 1.54 bits per heavy atom. The number of hydrogen-bond donors (Lipinski definition) is 7. The highest BCUT2D eigenvalue weighted by Crippen LogP contribution is 2.19. The Kier molecular flexibility index (Phi) is 10.5. The number of aromatic amines is 1. The second-order valence-corrected chi connectivity index (χ2v) is 9.36. The standard InChI is InChI=1S/C27H32N6O5S/c1-16(34)31-22(11-17-7-3-2-4-8-17)26(37)30-14-24(35)32-23(15-39)27(38)33-21(25(28)36)12-18-13-29-20-10-6-5-9-19(18)20/h2-10,13,21-23,29,39H,11-12,14-15H2,1H3,(H2,28,36)(H,30,37)(H,31,34)(H,32,35)(H,33,38)/t21-,22+,23-/m0/s1. The Labute approximate surface area is 231 Å². The minimum absolute atomic E-state index is 0.0629. The van der Waals surface area contributed by atoms with Gasteiger partial charge in [0, 0.05) is 42.6 Å². The molecule has 1 heterocycles. The van der Waals surface area contributed by atoms with Gasteiger partial charge < -0.3 is 32.0 Å². The smallest absolute Gasteiger partial charge is 0.244 e. The van der Waals surface area contributed by atoms with Crippen molar-refractivity contribution >= 4 is 53.1 Å². The first-order valence-corrected chi connectivity index (χ1v) is 12.9. The van der Waals surface area contributed by atoms with Crippen LogP contribution in [0.4, 0.5) is 0 Å². The van der Waals surface area contributed by atoms with Gasteiger partial charge >= 0.3 is 0 Å². The first kappa shape index (κ1) is 29.2. The van der Waals surface area contributed by atoms with Crippen molar-refractivity contribution in [3.8, 4) is 0 Å². The molecule has 0 bridgehead atoms. The summed E-state index contributed by atoms with van der Waals surface area (Å²) in [7, 11) is 0. The van der Waals surface area contributed by atoms with Gasteiger partial charge in [-0.2, -0.15) is 12.6 Å². The number of rotatable bonds is 13. The highest BCUT2D eigenvalue weighted by Gasteiger charge is 2.26. The second kappa shape index (κ2) is 14.0. The molecule has 0 aliphatic carbocycles. The van der Waals surface area contributed by atoms with Crippen molar-refractivity contribution in [3.05, 3.63) is 71.9 Å². The number of aromatic nitrogens is 1. The molecule has 2 aromatic carbocycles. The van der Waals surface area contributed by atoms with Crippen LogP contribution in [0.3, 0.4) is 0 Å². The molecule has 1 aromatic heterocycles. The number of thiol groups is 1. The Morgan fingerprint density at radius 1 is 0.846 bits per heavy atom.